The van der Waals surface area contributed by atoms with Gasteiger partial charge in [0.1, 0.15) is 6.61 Å². The van der Waals surface area contributed by atoms with Crippen LogP contribution in [0.4, 0.5) is 4.79 Å². The predicted molar refractivity (Wildman–Crippen MR) is 80.8 cm³/mol. The molecule has 1 aliphatic rings. The first-order valence-corrected chi connectivity index (χ1v) is 7.28. The molecule has 1 amide bonds. The monoisotopic (exact) mass is 292 g/mol. The van der Waals surface area contributed by atoms with Crippen LogP contribution in [0.1, 0.15) is 25.3 Å². The maximum absolute atomic E-state index is 12.4. The summed E-state index contributed by atoms with van der Waals surface area (Å²) in [6.45, 7) is 3.29. The minimum Gasteiger partial charge on any atom is -0.445 e. The van der Waals surface area contributed by atoms with Crippen LogP contribution in [0.5, 0.6) is 0 Å². The second-order valence-electron chi connectivity index (χ2n) is 5.88. The van der Waals surface area contributed by atoms with Gasteiger partial charge in [-0.05, 0) is 25.3 Å². The Labute approximate surface area is 126 Å². The molecule has 2 unspecified atom stereocenters. The number of ether oxygens (including phenoxy) is 2. The Kier molecular flexibility index (Phi) is 5.20. The number of amides is 1. The van der Waals surface area contributed by atoms with E-state index in [-0.39, 0.29) is 24.3 Å². The van der Waals surface area contributed by atoms with Crippen molar-refractivity contribution in [1.82, 2.24) is 4.90 Å². The molecule has 0 radical (unpaired) electrons. The summed E-state index contributed by atoms with van der Waals surface area (Å²) in [4.78, 5) is 14.1. The lowest BCUT2D eigenvalue weighted by atomic mass is 9.87. The SMILES string of the molecule is COCC1(C)CCC(N)CN1C(=O)OCc1ccccc1. The summed E-state index contributed by atoms with van der Waals surface area (Å²) < 4.78 is 10.7. The van der Waals surface area contributed by atoms with E-state index in [1.54, 1.807) is 12.0 Å². The van der Waals surface area contributed by atoms with Gasteiger partial charge in [0, 0.05) is 19.7 Å². The lowest BCUT2D eigenvalue weighted by molar-refractivity contribution is -0.0136. The molecule has 0 bridgehead atoms. The third-order valence-corrected chi connectivity index (χ3v) is 4.00. The number of hydrogen-bond acceptors (Lipinski definition) is 4. The fourth-order valence-corrected chi connectivity index (χ4v) is 2.73. The molecule has 0 saturated carbocycles. The van der Waals surface area contributed by atoms with Crippen LogP contribution in [0.2, 0.25) is 0 Å². The Morgan fingerprint density at radius 1 is 1.43 bits per heavy atom. The van der Waals surface area contributed by atoms with Crippen molar-refractivity contribution in [1.29, 1.82) is 0 Å². The van der Waals surface area contributed by atoms with Gasteiger partial charge in [0.05, 0.1) is 12.1 Å². The van der Waals surface area contributed by atoms with Gasteiger partial charge in [-0.1, -0.05) is 30.3 Å². The highest BCUT2D eigenvalue weighted by molar-refractivity contribution is 5.69. The van der Waals surface area contributed by atoms with Crippen molar-refractivity contribution in [3.05, 3.63) is 35.9 Å². The van der Waals surface area contributed by atoms with Gasteiger partial charge in [0.2, 0.25) is 0 Å². The molecule has 0 aromatic heterocycles. The van der Waals surface area contributed by atoms with Crippen molar-refractivity contribution in [2.45, 2.75) is 38.0 Å². The molecular weight excluding hydrogens is 268 g/mol. The van der Waals surface area contributed by atoms with Crippen molar-refractivity contribution in [3.8, 4) is 0 Å². The Balaban J connectivity index is 2.00. The third kappa shape index (κ3) is 3.95. The van der Waals surface area contributed by atoms with Gasteiger partial charge < -0.3 is 15.2 Å². The topological polar surface area (TPSA) is 64.8 Å². The summed E-state index contributed by atoms with van der Waals surface area (Å²) in [6.07, 6.45) is 1.39. The molecule has 1 aromatic carbocycles. The van der Waals surface area contributed by atoms with Gasteiger partial charge in [0.25, 0.3) is 0 Å². The molecular formula is C16H24N2O3. The first-order valence-electron chi connectivity index (χ1n) is 7.28. The second-order valence-corrected chi connectivity index (χ2v) is 5.88. The summed E-state index contributed by atoms with van der Waals surface area (Å²) in [5.41, 5.74) is 6.62. The molecule has 2 rings (SSSR count). The van der Waals surface area contributed by atoms with Crippen LogP contribution in [-0.4, -0.2) is 42.8 Å². The van der Waals surface area contributed by atoms with E-state index < -0.39 is 0 Å². The molecule has 5 nitrogen and oxygen atoms in total. The average Bonchev–Trinajstić information content (AvgIpc) is 2.49. The van der Waals surface area contributed by atoms with E-state index in [2.05, 4.69) is 0 Å². The minimum atomic E-state index is -0.349. The molecule has 21 heavy (non-hydrogen) atoms. The molecule has 2 N–H and O–H groups in total. The molecule has 1 fully saturated rings. The maximum Gasteiger partial charge on any atom is 0.410 e. The minimum absolute atomic E-state index is 0.000735. The van der Waals surface area contributed by atoms with Crippen molar-refractivity contribution in [3.63, 3.8) is 0 Å². The number of nitrogens with two attached hydrogens (primary N) is 1. The van der Waals surface area contributed by atoms with Gasteiger partial charge >= 0.3 is 6.09 Å². The highest BCUT2D eigenvalue weighted by Gasteiger charge is 2.40. The Morgan fingerprint density at radius 3 is 2.81 bits per heavy atom. The molecule has 1 saturated heterocycles. The quantitative estimate of drug-likeness (QED) is 0.923. The zero-order chi connectivity index (χ0) is 15.3. The van der Waals surface area contributed by atoms with Crippen LogP contribution in [-0.2, 0) is 16.1 Å². The Bertz CT molecular complexity index is 466. The number of rotatable bonds is 4. The number of carbonyl (C=O) groups excluding carboxylic acids is 1. The zero-order valence-corrected chi connectivity index (χ0v) is 12.7. The molecule has 1 aliphatic heterocycles. The van der Waals surface area contributed by atoms with E-state index in [1.807, 2.05) is 37.3 Å². The van der Waals surface area contributed by atoms with Gasteiger partial charge in [-0.15, -0.1) is 0 Å². The molecule has 1 heterocycles. The van der Waals surface area contributed by atoms with Crippen molar-refractivity contribution in [2.75, 3.05) is 20.3 Å². The lowest BCUT2D eigenvalue weighted by Crippen LogP contribution is -2.60. The van der Waals surface area contributed by atoms with Crippen LogP contribution < -0.4 is 5.73 Å². The fourth-order valence-electron chi connectivity index (χ4n) is 2.73. The van der Waals surface area contributed by atoms with Gasteiger partial charge in [-0.25, -0.2) is 4.79 Å². The second kappa shape index (κ2) is 6.91. The summed E-state index contributed by atoms with van der Waals surface area (Å²) in [5.74, 6) is 0. The van der Waals surface area contributed by atoms with Crippen LogP contribution >= 0.6 is 0 Å². The summed E-state index contributed by atoms with van der Waals surface area (Å²) >= 11 is 0. The van der Waals surface area contributed by atoms with Gasteiger partial charge in [-0.3, -0.25) is 4.90 Å². The van der Waals surface area contributed by atoms with Crippen LogP contribution in [0, 0.1) is 0 Å². The molecule has 0 spiro atoms. The first-order chi connectivity index (χ1) is 10.0. The maximum atomic E-state index is 12.4. The van der Waals surface area contributed by atoms with Crippen molar-refractivity contribution in [2.24, 2.45) is 5.73 Å². The molecule has 116 valence electrons. The Hall–Kier alpha value is -1.59. The van der Waals surface area contributed by atoms with Gasteiger partial charge in [0.15, 0.2) is 0 Å². The van der Waals surface area contributed by atoms with E-state index in [0.717, 1.165) is 18.4 Å². The molecule has 1 aromatic rings. The summed E-state index contributed by atoms with van der Waals surface area (Å²) in [7, 11) is 1.65. The number of benzene rings is 1. The smallest absolute Gasteiger partial charge is 0.410 e. The first kappa shape index (κ1) is 15.8. The number of likely N-dealkylation sites (tertiary alicyclic amines) is 1. The summed E-state index contributed by atoms with van der Waals surface area (Å²) in [5, 5.41) is 0. The van der Waals surface area contributed by atoms with Crippen molar-refractivity contribution >= 4 is 6.09 Å². The normalized spacial score (nSPS) is 25.7. The largest absolute Gasteiger partial charge is 0.445 e. The van der Waals surface area contributed by atoms with Crippen LogP contribution in [0.25, 0.3) is 0 Å². The highest BCUT2D eigenvalue weighted by Crippen LogP contribution is 2.28. The summed E-state index contributed by atoms with van der Waals surface area (Å²) in [6, 6.07) is 9.65. The number of hydrogen-bond donors (Lipinski definition) is 1. The number of carbonyl (C=O) groups is 1. The number of methoxy groups -OCH3 is 1. The van der Waals surface area contributed by atoms with Gasteiger partial charge in [-0.2, -0.15) is 0 Å². The van der Waals surface area contributed by atoms with E-state index in [4.69, 9.17) is 15.2 Å². The molecule has 5 heteroatoms. The molecule has 0 aliphatic carbocycles. The third-order valence-electron chi connectivity index (χ3n) is 4.00. The number of piperidine rings is 1. The molecule has 2 atom stereocenters. The van der Waals surface area contributed by atoms with Crippen LogP contribution in [0.15, 0.2) is 30.3 Å². The highest BCUT2D eigenvalue weighted by atomic mass is 16.6. The van der Waals surface area contributed by atoms with E-state index in [9.17, 15) is 4.79 Å². The lowest BCUT2D eigenvalue weighted by Gasteiger charge is -2.45. The zero-order valence-electron chi connectivity index (χ0n) is 12.7. The number of nitrogens with zero attached hydrogens (tertiary/aromatic N) is 1. The Morgan fingerprint density at radius 2 is 2.14 bits per heavy atom. The van der Waals surface area contributed by atoms with Crippen LogP contribution in [0.3, 0.4) is 0 Å². The standard InChI is InChI=1S/C16H24N2O3/c1-16(12-20-2)9-8-14(17)10-18(16)15(19)21-11-13-6-4-3-5-7-13/h3-7,14H,8-12,17H2,1-2H3. The van der Waals surface area contributed by atoms with Crippen molar-refractivity contribution < 1.29 is 14.3 Å². The van der Waals surface area contributed by atoms with E-state index in [1.165, 1.54) is 0 Å². The van der Waals surface area contributed by atoms with E-state index >= 15 is 0 Å². The fraction of sp³-hybridized carbons (Fsp3) is 0.562. The predicted octanol–water partition coefficient (Wildman–Crippen LogP) is 2.15. The average molecular weight is 292 g/mol. The van der Waals surface area contributed by atoms with E-state index in [0.29, 0.717) is 13.2 Å².